The molecule has 1 fully saturated rings. The number of aromatic amines is 1. The van der Waals surface area contributed by atoms with Crippen molar-refractivity contribution in [2.75, 3.05) is 5.32 Å². The first kappa shape index (κ1) is 12.9. The molecule has 1 unspecified atom stereocenters. The van der Waals surface area contributed by atoms with Crippen molar-refractivity contribution < 1.29 is 4.79 Å². The Kier molecular flexibility index (Phi) is 3.00. The number of anilines is 1. The Hall–Kier alpha value is -1.81. The molecule has 1 aliphatic carbocycles. The van der Waals surface area contributed by atoms with E-state index in [2.05, 4.69) is 15.5 Å². The Morgan fingerprint density at radius 2 is 2.05 bits per heavy atom. The minimum atomic E-state index is -0.00296. The first-order valence-corrected chi connectivity index (χ1v) is 7.74. The van der Waals surface area contributed by atoms with Crippen LogP contribution in [0.2, 0.25) is 5.02 Å². The van der Waals surface area contributed by atoms with E-state index in [1.54, 1.807) is 0 Å². The second-order valence-corrected chi connectivity index (χ2v) is 6.26. The maximum atomic E-state index is 12.0. The number of aromatic nitrogens is 2. The summed E-state index contributed by atoms with van der Waals surface area (Å²) in [6.07, 6.45) is 4.08. The molecular weight excluding hydrogens is 286 g/mol. The van der Waals surface area contributed by atoms with Gasteiger partial charge in [0.05, 0.1) is 0 Å². The zero-order chi connectivity index (χ0) is 14.4. The zero-order valence-corrected chi connectivity index (χ0v) is 12.3. The molecule has 1 aromatic carbocycles. The van der Waals surface area contributed by atoms with E-state index in [4.69, 9.17) is 11.6 Å². The van der Waals surface area contributed by atoms with Gasteiger partial charge in [0.25, 0.3) is 0 Å². The summed E-state index contributed by atoms with van der Waals surface area (Å²) >= 11 is 6.36. The van der Waals surface area contributed by atoms with Gasteiger partial charge in [-0.25, -0.2) is 0 Å². The van der Waals surface area contributed by atoms with E-state index in [-0.39, 0.29) is 11.8 Å². The number of halogens is 1. The molecule has 0 radical (unpaired) electrons. The van der Waals surface area contributed by atoms with Crippen molar-refractivity contribution in [1.29, 1.82) is 0 Å². The van der Waals surface area contributed by atoms with Crippen LogP contribution in [-0.2, 0) is 4.79 Å². The number of fused-ring (bicyclic) bond motifs is 1. The number of H-pyrrole nitrogens is 1. The highest BCUT2D eigenvalue weighted by Crippen LogP contribution is 2.46. The smallest absolute Gasteiger partial charge is 0.226 e. The van der Waals surface area contributed by atoms with Crippen molar-refractivity contribution in [3.05, 3.63) is 46.1 Å². The predicted octanol–water partition coefficient (Wildman–Crippen LogP) is 3.80. The molecule has 2 aromatic rings. The van der Waals surface area contributed by atoms with Crippen LogP contribution < -0.4 is 5.32 Å². The summed E-state index contributed by atoms with van der Waals surface area (Å²) in [5, 5.41) is 11.1. The minimum Gasteiger partial charge on any atom is -0.309 e. The quantitative estimate of drug-likeness (QED) is 0.886. The summed E-state index contributed by atoms with van der Waals surface area (Å²) < 4.78 is 0. The predicted molar refractivity (Wildman–Crippen MR) is 81.7 cm³/mol. The van der Waals surface area contributed by atoms with Gasteiger partial charge in [0.15, 0.2) is 5.82 Å². The number of hydrogen-bond donors (Lipinski definition) is 2. The van der Waals surface area contributed by atoms with Crippen LogP contribution in [0.25, 0.3) is 0 Å². The third-order valence-electron chi connectivity index (χ3n) is 4.62. The lowest BCUT2D eigenvalue weighted by Crippen LogP contribution is -2.25. The maximum absolute atomic E-state index is 12.0. The molecule has 21 heavy (non-hydrogen) atoms. The fourth-order valence-corrected chi connectivity index (χ4v) is 3.58. The van der Waals surface area contributed by atoms with Crippen LogP contribution >= 0.6 is 11.6 Å². The molecule has 1 saturated carbocycles. The molecule has 1 aromatic heterocycles. The van der Waals surface area contributed by atoms with Gasteiger partial charge in [-0.15, -0.1) is 0 Å². The lowest BCUT2D eigenvalue weighted by Gasteiger charge is -2.29. The Morgan fingerprint density at radius 1 is 1.24 bits per heavy atom. The number of benzene rings is 1. The molecule has 0 saturated heterocycles. The normalized spacial score (nSPS) is 21.6. The van der Waals surface area contributed by atoms with Crippen molar-refractivity contribution in [2.24, 2.45) is 0 Å². The Morgan fingerprint density at radius 3 is 2.76 bits per heavy atom. The topological polar surface area (TPSA) is 57.8 Å². The number of amides is 1. The molecule has 5 heteroatoms. The van der Waals surface area contributed by atoms with Crippen LogP contribution in [0.3, 0.4) is 0 Å². The summed E-state index contributed by atoms with van der Waals surface area (Å²) in [6.45, 7) is 0. The number of rotatable bonds is 2. The third-order valence-corrected chi connectivity index (χ3v) is 4.97. The highest BCUT2D eigenvalue weighted by molar-refractivity contribution is 6.31. The van der Waals surface area contributed by atoms with Gasteiger partial charge in [0, 0.05) is 34.5 Å². The van der Waals surface area contributed by atoms with E-state index >= 15 is 0 Å². The standard InChI is InChI=1S/C16H16ClN3O/c17-12-7-2-1-6-10(12)11-8-13(21)18-16-14(11)15(19-20-16)9-4-3-5-9/h1-2,6-7,9,11H,3-5,8H2,(H2,18,19,20,21). The molecule has 2 aliphatic rings. The Balaban J connectivity index is 1.84. The monoisotopic (exact) mass is 301 g/mol. The largest absolute Gasteiger partial charge is 0.309 e. The number of carbonyl (C=O) groups is 1. The fourth-order valence-electron chi connectivity index (χ4n) is 3.31. The average Bonchev–Trinajstić information content (AvgIpc) is 2.80. The van der Waals surface area contributed by atoms with Gasteiger partial charge >= 0.3 is 0 Å². The highest BCUT2D eigenvalue weighted by Gasteiger charge is 2.35. The second kappa shape index (κ2) is 4.88. The van der Waals surface area contributed by atoms with Crippen LogP contribution in [0.5, 0.6) is 0 Å². The van der Waals surface area contributed by atoms with Gasteiger partial charge in [-0.05, 0) is 24.5 Å². The lowest BCUT2D eigenvalue weighted by atomic mass is 9.77. The molecule has 2 heterocycles. The molecule has 2 N–H and O–H groups in total. The van der Waals surface area contributed by atoms with E-state index in [0.717, 1.165) is 11.1 Å². The van der Waals surface area contributed by atoms with Gasteiger partial charge in [0.2, 0.25) is 5.91 Å². The third kappa shape index (κ3) is 2.05. The molecule has 4 nitrogen and oxygen atoms in total. The van der Waals surface area contributed by atoms with Crippen molar-refractivity contribution in [3.63, 3.8) is 0 Å². The number of hydrogen-bond acceptors (Lipinski definition) is 2. The summed E-state index contributed by atoms with van der Waals surface area (Å²) in [7, 11) is 0. The molecule has 108 valence electrons. The van der Waals surface area contributed by atoms with Gasteiger partial charge in [0.1, 0.15) is 0 Å². The second-order valence-electron chi connectivity index (χ2n) is 5.85. The van der Waals surface area contributed by atoms with Crippen molar-refractivity contribution in [2.45, 2.75) is 37.5 Å². The molecule has 1 aliphatic heterocycles. The van der Waals surface area contributed by atoms with E-state index < -0.39 is 0 Å². The van der Waals surface area contributed by atoms with Crippen LogP contribution in [0.15, 0.2) is 24.3 Å². The fraction of sp³-hybridized carbons (Fsp3) is 0.375. The number of carbonyl (C=O) groups excluding carboxylic acids is 1. The number of nitrogens with zero attached hydrogens (tertiary/aromatic N) is 1. The van der Waals surface area contributed by atoms with Crippen LogP contribution in [0.4, 0.5) is 5.82 Å². The average molecular weight is 302 g/mol. The molecule has 1 amide bonds. The summed E-state index contributed by atoms with van der Waals surface area (Å²) in [4.78, 5) is 12.0. The summed E-state index contributed by atoms with van der Waals surface area (Å²) in [5.74, 6) is 1.22. The first-order valence-electron chi connectivity index (χ1n) is 7.36. The van der Waals surface area contributed by atoms with E-state index in [9.17, 15) is 4.79 Å². The van der Waals surface area contributed by atoms with Crippen LogP contribution in [0.1, 0.15) is 54.3 Å². The summed E-state index contributed by atoms with van der Waals surface area (Å²) in [5.41, 5.74) is 3.32. The van der Waals surface area contributed by atoms with E-state index in [1.165, 1.54) is 25.0 Å². The van der Waals surface area contributed by atoms with Crippen molar-refractivity contribution >= 4 is 23.3 Å². The maximum Gasteiger partial charge on any atom is 0.226 e. The molecule has 0 spiro atoms. The molecule has 0 bridgehead atoms. The van der Waals surface area contributed by atoms with Crippen LogP contribution in [-0.4, -0.2) is 16.1 Å². The van der Waals surface area contributed by atoms with Crippen molar-refractivity contribution in [3.8, 4) is 0 Å². The number of nitrogens with one attached hydrogen (secondary N) is 2. The van der Waals surface area contributed by atoms with Crippen molar-refractivity contribution in [1.82, 2.24) is 10.2 Å². The van der Waals surface area contributed by atoms with E-state index in [0.29, 0.717) is 23.2 Å². The van der Waals surface area contributed by atoms with Gasteiger partial charge in [-0.1, -0.05) is 36.2 Å². The van der Waals surface area contributed by atoms with Gasteiger partial charge < -0.3 is 5.32 Å². The minimum absolute atomic E-state index is 0.000853. The Labute approximate surface area is 127 Å². The van der Waals surface area contributed by atoms with Crippen LogP contribution in [0, 0.1) is 0 Å². The van der Waals surface area contributed by atoms with E-state index in [1.807, 2.05) is 24.3 Å². The van der Waals surface area contributed by atoms with Gasteiger partial charge in [-0.3, -0.25) is 9.89 Å². The first-order chi connectivity index (χ1) is 10.2. The SMILES string of the molecule is O=C1CC(c2ccccc2Cl)c2c(n[nH]c2C2CCC2)N1. The molecule has 4 rings (SSSR count). The molecule has 1 atom stereocenters. The lowest BCUT2D eigenvalue weighted by molar-refractivity contribution is -0.116. The zero-order valence-electron chi connectivity index (χ0n) is 11.5. The Bertz CT molecular complexity index is 705. The van der Waals surface area contributed by atoms with Gasteiger partial charge in [-0.2, -0.15) is 5.10 Å². The highest BCUT2D eigenvalue weighted by atomic mass is 35.5. The molecular formula is C16H16ClN3O. The summed E-state index contributed by atoms with van der Waals surface area (Å²) in [6, 6.07) is 7.77.